The summed E-state index contributed by atoms with van der Waals surface area (Å²) in [4.78, 5) is 12.1. The molecule has 8 heteroatoms. The van der Waals surface area contributed by atoms with E-state index in [1.54, 1.807) is 30.7 Å². The molecule has 0 aliphatic heterocycles. The van der Waals surface area contributed by atoms with Crippen molar-refractivity contribution in [2.75, 3.05) is 5.75 Å². The second-order valence-corrected chi connectivity index (χ2v) is 7.12. The van der Waals surface area contributed by atoms with Gasteiger partial charge in [0.2, 0.25) is 5.91 Å². The van der Waals surface area contributed by atoms with Gasteiger partial charge in [-0.1, -0.05) is 25.6 Å². The van der Waals surface area contributed by atoms with Gasteiger partial charge in [-0.15, -0.1) is 10.2 Å². The predicted octanol–water partition coefficient (Wildman–Crippen LogP) is 2.77. The number of rotatable bonds is 6. The van der Waals surface area contributed by atoms with Crippen LogP contribution >= 0.6 is 11.8 Å². The van der Waals surface area contributed by atoms with Crippen LogP contribution in [0.4, 0.5) is 4.39 Å². The standard InChI is InChI=1S/C17H20FN5OS/c1-11(2)17(3,10-19)20-14(24)9-25-16-22-21-15(23(16)4)12-5-7-13(18)8-6-12/h5-8,11H,9H2,1-4H3,(H,20,24). The molecule has 1 N–H and O–H groups in total. The number of thioether (sulfide) groups is 1. The summed E-state index contributed by atoms with van der Waals surface area (Å²) in [5.41, 5.74) is -0.166. The Morgan fingerprint density at radius 3 is 2.60 bits per heavy atom. The molecule has 1 unspecified atom stereocenters. The molecule has 6 nitrogen and oxygen atoms in total. The smallest absolute Gasteiger partial charge is 0.231 e. The average Bonchev–Trinajstić information content (AvgIpc) is 2.94. The monoisotopic (exact) mass is 361 g/mol. The molecule has 1 atom stereocenters. The lowest BCUT2D eigenvalue weighted by Crippen LogP contribution is -2.49. The number of nitrogens with one attached hydrogen (secondary N) is 1. The Morgan fingerprint density at radius 1 is 1.40 bits per heavy atom. The van der Waals surface area contributed by atoms with Crippen LogP contribution in [-0.4, -0.2) is 32.0 Å². The molecular formula is C17H20FN5OS. The number of amides is 1. The first-order valence-corrected chi connectivity index (χ1v) is 8.76. The van der Waals surface area contributed by atoms with Gasteiger partial charge in [0.25, 0.3) is 0 Å². The van der Waals surface area contributed by atoms with Gasteiger partial charge in [-0.3, -0.25) is 4.79 Å². The van der Waals surface area contributed by atoms with Crippen LogP contribution in [0.25, 0.3) is 11.4 Å². The average molecular weight is 361 g/mol. The van der Waals surface area contributed by atoms with Crippen LogP contribution in [0.3, 0.4) is 0 Å². The summed E-state index contributed by atoms with van der Waals surface area (Å²) in [7, 11) is 1.78. The summed E-state index contributed by atoms with van der Waals surface area (Å²) in [5, 5.41) is 20.8. The molecule has 2 aromatic rings. The Kier molecular flexibility index (Phi) is 5.80. The molecular weight excluding hydrogens is 341 g/mol. The van der Waals surface area contributed by atoms with Gasteiger partial charge in [0.05, 0.1) is 11.8 Å². The number of halogens is 1. The van der Waals surface area contributed by atoms with Gasteiger partial charge in [-0.2, -0.15) is 5.26 Å². The SMILES string of the molecule is CC(C)C(C)(C#N)NC(=O)CSc1nnc(-c2ccc(F)cc2)n1C. The van der Waals surface area contributed by atoms with Crippen molar-refractivity contribution in [1.82, 2.24) is 20.1 Å². The molecule has 1 aromatic carbocycles. The van der Waals surface area contributed by atoms with E-state index in [0.29, 0.717) is 11.0 Å². The first-order valence-electron chi connectivity index (χ1n) is 7.77. The van der Waals surface area contributed by atoms with Gasteiger partial charge >= 0.3 is 0 Å². The summed E-state index contributed by atoms with van der Waals surface area (Å²) in [6.07, 6.45) is 0. The summed E-state index contributed by atoms with van der Waals surface area (Å²) in [6, 6.07) is 8.12. The molecule has 0 spiro atoms. The zero-order valence-electron chi connectivity index (χ0n) is 14.6. The number of carbonyl (C=O) groups excluding carboxylic acids is 1. The van der Waals surface area contributed by atoms with Gasteiger partial charge < -0.3 is 9.88 Å². The van der Waals surface area contributed by atoms with Crippen LogP contribution in [-0.2, 0) is 11.8 Å². The van der Waals surface area contributed by atoms with Crippen LogP contribution in [0.1, 0.15) is 20.8 Å². The molecule has 25 heavy (non-hydrogen) atoms. The van der Waals surface area contributed by atoms with Crippen LogP contribution < -0.4 is 5.32 Å². The molecule has 2 rings (SSSR count). The minimum atomic E-state index is -0.906. The van der Waals surface area contributed by atoms with Crippen LogP contribution in [0.15, 0.2) is 29.4 Å². The van der Waals surface area contributed by atoms with Crippen molar-refractivity contribution in [1.29, 1.82) is 5.26 Å². The zero-order valence-corrected chi connectivity index (χ0v) is 15.4. The van der Waals surface area contributed by atoms with Crippen molar-refractivity contribution in [2.24, 2.45) is 13.0 Å². The maximum atomic E-state index is 13.0. The molecule has 0 aliphatic carbocycles. The highest BCUT2D eigenvalue weighted by atomic mass is 32.2. The van der Waals surface area contributed by atoms with E-state index in [1.165, 1.54) is 23.9 Å². The second kappa shape index (κ2) is 7.66. The summed E-state index contributed by atoms with van der Waals surface area (Å²) in [5.74, 6) is 0.148. The first-order chi connectivity index (χ1) is 11.8. The normalized spacial score (nSPS) is 13.3. The van der Waals surface area contributed by atoms with Crippen molar-refractivity contribution >= 4 is 17.7 Å². The van der Waals surface area contributed by atoms with E-state index in [1.807, 2.05) is 13.8 Å². The maximum absolute atomic E-state index is 13.0. The number of nitriles is 1. The Morgan fingerprint density at radius 2 is 2.04 bits per heavy atom. The summed E-state index contributed by atoms with van der Waals surface area (Å²) in [6.45, 7) is 5.47. The molecule has 0 aliphatic rings. The van der Waals surface area contributed by atoms with E-state index < -0.39 is 5.54 Å². The van der Waals surface area contributed by atoms with E-state index in [9.17, 15) is 14.4 Å². The minimum absolute atomic E-state index is 0.00800. The Labute approximate surface area is 150 Å². The second-order valence-electron chi connectivity index (χ2n) is 6.18. The third kappa shape index (κ3) is 4.37. The fourth-order valence-corrected chi connectivity index (χ4v) is 2.76. The first kappa shape index (κ1) is 18.9. The molecule has 1 heterocycles. The van der Waals surface area contributed by atoms with Gasteiger partial charge in [0.1, 0.15) is 11.4 Å². The highest BCUT2D eigenvalue weighted by Crippen LogP contribution is 2.23. The number of aromatic nitrogens is 3. The molecule has 0 fully saturated rings. The molecule has 132 valence electrons. The molecule has 1 aromatic heterocycles. The fourth-order valence-electron chi connectivity index (χ4n) is 2.05. The number of hydrogen-bond acceptors (Lipinski definition) is 5. The lowest BCUT2D eigenvalue weighted by atomic mass is 9.90. The quantitative estimate of drug-likeness (QED) is 0.800. The predicted molar refractivity (Wildman–Crippen MR) is 94.1 cm³/mol. The van der Waals surface area contributed by atoms with Crippen LogP contribution in [0.5, 0.6) is 0 Å². The van der Waals surface area contributed by atoms with Crippen molar-refractivity contribution in [2.45, 2.75) is 31.5 Å². The van der Waals surface area contributed by atoms with Gasteiger partial charge in [-0.25, -0.2) is 4.39 Å². The Balaban J connectivity index is 2.04. The van der Waals surface area contributed by atoms with Crippen LogP contribution in [0, 0.1) is 23.1 Å². The Hall–Kier alpha value is -2.40. The van der Waals surface area contributed by atoms with E-state index >= 15 is 0 Å². The third-order valence-electron chi connectivity index (χ3n) is 4.06. The van der Waals surface area contributed by atoms with Crippen molar-refractivity contribution in [3.8, 4) is 17.5 Å². The third-order valence-corrected chi connectivity index (χ3v) is 5.08. The van der Waals surface area contributed by atoms with Crippen molar-refractivity contribution < 1.29 is 9.18 Å². The number of benzene rings is 1. The summed E-state index contributed by atoms with van der Waals surface area (Å²) >= 11 is 1.23. The molecule has 0 radical (unpaired) electrons. The molecule has 0 bridgehead atoms. The van der Waals surface area contributed by atoms with Gasteiger partial charge in [0.15, 0.2) is 11.0 Å². The van der Waals surface area contributed by atoms with E-state index in [-0.39, 0.29) is 23.4 Å². The lowest BCUT2D eigenvalue weighted by Gasteiger charge is -2.27. The van der Waals surface area contributed by atoms with E-state index in [4.69, 9.17) is 0 Å². The zero-order chi connectivity index (χ0) is 18.6. The van der Waals surface area contributed by atoms with Crippen molar-refractivity contribution in [3.05, 3.63) is 30.1 Å². The van der Waals surface area contributed by atoms with E-state index in [2.05, 4.69) is 21.6 Å². The maximum Gasteiger partial charge on any atom is 0.231 e. The highest BCUT2D eigenvalue weighted by molar-refractivity contribution is 7.99. The van der Waals surface area contributed by atoms with Crippen molar-refractivity contribution in [3.63, 3.8) is 0 Å². The fraction of sp³-hybridized carbons (Fsp3) is 0.412. The molecule has 0 saturated carbocycles. The molecule has 1 amide bonds. The van der Waals surface area contributed by atoms with E-state index in [0.717, 1.165) is 5.56 Å². The largest absolute Gasteiger partial charge is 0.337 e. The number of carbonyl (C=O) groups is 1. The highest BCUT2D eigenvalue weighted by Gasteiger charge is 2.30. The van der Waals surface area contributed by atoms with Gasteiger partial charge in [-0.05, 0) is 37.1 Å². The number of nitrogens with zero attached hydrogens (tertiary/aromatic N) is 4. The molecule has 0 saturated heterocycles. The number of hydrogen-bond donors (Lipinski definition) is 1. The van der Waals surface area contributed by atoms with Gasteiger partial charge in [0, 0.05) is 12.6 Å². The Bertz CT molecular complexity index is 796. The topological polar surface area (TPSA) is 83.6 Å². The van der Waals surface area contributed by atoms with Crippen LogP contribution in [0.2, 0.25) is 0 Å². The lowest BCUT2D eigenvalue weighted by molar-refractivity contribution is -0.120. The minimum Gasteiger partial charge on any atom is -0.337 e. The summed E-state index contributed by atoms with van der Waals surface area (Å²) < 4.78 is 14.8.